The molecule has 3 aromatic heterocycles. The SMILES string of the molecule is CCCCOc1nc(N)c2ncc(C(F)c3cnc(N4CCCCC4)c(C)c3)n2n1. The first-order valence-electron chi connectivity index (χ1n) is 10.6. The van der Waals surface area contributed by atoms with Crippen molar-refractivity contribution in [2.24, 2.45) is 0 Å². The number of piperidine rings is 1. The number of nitrogens with two attached hydrogens (primary N) is 1. The first-order valence-corrected chi connectivity index (χ1v) is 10.6. The molecule has 0 radical (unpaired) electrons. The van der Waals surface area contributed by atoms with Gasteiger partial charge in [0, 0.05) is 24.8 Å². The number of aryl methyl sites for hydroxylation is 1. The van der Waals surface area contributed by atoms with Crippen molar-refractivity contribution in [1.29, 1.82) is 0 Å². The predicted molar refractivity (Wildman–Crippen MR) is 114 cm³/mol. The molecule has 0 aliphatic carbocycles. The van der Waals surface area contributed by atoms with Crippen molar-refractivity contribution in [3.8, 4) is 6.01 Å². The monoisotopic (exact) mass is 413 g/mol. The Hall–Kier alpha value is -2.97. The molecule has 4 rings (SSSR count). The molecule has 8 nitrogen and oxygen atoms in total. The minimum Gasteiger partial charge on any atom is -0.462 e. The van der Waals surface area contributed by atoms with E-state index in [1.54, 1.807) is 6.20 Å². The van der Waals surface area contributed by atoms with Gasteiger partial charge in [0.15, 0.2) is 17.6 Å². The van der Waals surface area contributed by atoms with E-state index < -0.39 is 6.17 Å². The van der Waals surface area contributed by atoms with Crippen LogP contribution in [-0.4, -0.2) is 44.3 Å². The smallest absolute Gasteiger partial charge is 0.336 e. The van der Waals surface area contributed by atoms with Gasteiger partial charge in [-0.2, -0.15) is 4.98 Å². The summed E-state index contributed by atoms with van der Waals surface area (Å²) in [7, 11) is 0. The number of nitrogen functional groups attached to an aromatic ring is 1. The second kappa shape index (κ2) is 8.81. The summed E-state index contributed by atoms with van der Waals surface area (Å²) in [6.07, 6.45) is 7.04. The van der Waals surface area contributed by atoms with E-state index in [1.807, 2.05) is 13.0 Å². The normalized spacial score (nSPS) is 15.5. The van der Waals surface area contributed by atoms with E-state index in [0.717, 1.165) is 37.3 Å². The first kappa shape index (κ1) is 20.3. The number of aromatic nitrogens is 5. The zero-order valence-corrected chi connectivity index (χ0v) is 17.5. The fourth-order valence-electron chi connectivity index (χ4n) is 3.78. The third-order valence-electron chi connectivity index (χ3n) is 5.40. The van der Waals surface area contributed by atoms with Crippen LogP contribution in [0.2, 0.25) is 0 Å². The third kappa shape index (κ3) is 4.01. The van der Waals surface area contributed by atoms with E-state index in [9.17, 15) is 0 Å². The molecule has 0 bridgehead atoms. The Morgan fingerprint density at radius 2 is 2.00 bits per heavy atom. The molecule has 9 heteroatoms. The summed E-state index contributed by atoms with van der Waals surface area (Å²) < 4.78 is 22.4. The molecule has 2 N–H and O–H groups in total. The Bertz CT molecular complexity index is 1020. The molecule has 0 spiro atoms. The van der Waals surface area contributed by atoms with E-state index in [1.165, 1.54) is 30.0 Å². The van der Waals surface area contributed by atoms with Crippen molar-refractivity contribution < 1.29 is 9.13 Å². The van der Waals surface area contributed by atoms with Gasteiger partial charge in [-0.05, 0) is 44.2 Å². The number of nitrogens with zero attached hydrogens (tertiary/aromatic N) is 6. The Morgan fingerprint density at radius 1 is 1.20 bits per heavy atom. The number of hydrogen-bond acceptors (Lipinski definition) is 7. The summed E-state index contributed by atoms with van der Waals surface area (Å²) in [5.41, 5.74) is 7.99. The van der Waals surface area contributed by atoms with Crippen molar-refractivity contribution in [1.82, 2.24) is 24.6 Å². The topological polar surface area (TPSA) is 94.5 Å². The molecule has 0 saturated carbocycles. The van der Waals surface area contributed by atoms with Crippen LogP contribution in [0.25, 0.3) is 5.65 Å². The van der Waals surface area contributed by atoms with E-state index in [-0.39, 0.29) is 17.5 Å². The second-order valence-corrected chi connectivity index (χ2v) is 7.72. The summed E-state index contributed by atoms with van der Waals surface area (Å²) >= 11 is 0. The average molecular weight is 414 g/mol. The van der Waals surface area contributed by atoms with Gasteiger partial charge in [0.2, 0.25) is 0 Å². The maximum atomic E-state index is 15.5. The number of unbranched alkanes of at least 4 members (excludes halogenated alkanes) is 1. The Labute approximate surface area is 175 Å². The number of rotatable bonds is 7. The molecule has 1 atom stereocenters. The molecular weight excluding hydrogens is 385 g/mol. The van der Waals surface area contributed by atoms with Crippen LogP contribution in [-0.2, 0) is 0 Å². The third-order valence-corrected chi connectivity index (χ3v) is 5.40. The zero-order chi connectivity index (χ0) is 21.1. The molecule has 160 valence electrons. The highest BCUT2D eigenvalue weighted by Crippen LogP contribution is 2.30. The molecule has 1 saturated heterocycles. The van der Waals surface area contributed by atoms with Gasteiger partial charge in [0.05, 0.1) is 12.8 Å². The number of ether oxygens (including phenoxy) is 1. The van der Waals surface area contributed by atoms with Gasteiger partial charge in [-0.25, -0.2) is 18.9 Å². The summed E-state index contributed by atoms with van der Waals surface area (Å²) in [6, 6.07) is 1.97. The van der Waals surface area contributed by atoms with Crippen LogP contribution in [0.1, 0.15) is 62.0 Å². The molecule has 0 aromatic carbocycles. The van der Waals surface area contributed by atoms with Gasteiger partial charge in [0.25, 0.3) is 0 Å². The van der Waals surface area contributed by atoms with Crippen LogP contribution in [0.15, 0.2) is 18.5 Å². The largest absolute Gasteiger partial charge is 0.462 e. The number of anilines is 2. The van der Waals surface area contributed by atoms with Gasteiger partial charge in [-0.3, -0.25) is 0 Å². The first-order chi connectivity index (χ1) is 14.6. The maximum Gasteiger partial charge on any atom is 0.336 e. The number of hydrogen-bond donors (Lipinski definition) is 1. The molecule has 1 aliphatic heterocycles. The Balaban J connectivity index is 1.62. The van der Waals surface area contributed by atoms with Crippen molar-refractivity contribution in [3.63, 3.8) is 0 Å². The van der Waals surface area contributed by atoms with Gasteiger partial charge in [-0.1, -0.05) is 13.3 Å². The van der Waals surface area contributed by atoms with Crippen LogP contribution in [0.5, 0.6) is 6.01 Å². The van der Waals surface area contributed by atoms with Crippen LogP contribution >= 0.6 is 0 Å². The molecule has 30 heavy (non-hydrogen) atoms. The highest BCUT2D eigenvalue weighted by atomic mass is 19.1. The van der Waals surface area contributed by atoms with Gasteiger partial charge < -0.3 is 15.4 Å². The molecule has 1 aliphatic rings. The Morgan fingerprint density at radius 3 is 2.73 bits per heavy atom. The van der Waals surface area contributed by atoms with E-state index >= 15 is 4.39 Å². The fourth-order valence-corrected chi connectivity index (χ4v) is 3.78. The van der Waals surface area contributed by atoms with Gasteiger partial charge >= 0.3 is 6.01 Å². The summed E-state index contributed by atoms with van der Waals surface area (Å²) in [6.45, 7) is 6.51. The van der Waals surface area contributed by atoms with Crippen molar-refractivity contribution in [2.75, 3.05) is 30.3 Å². The number of fused-ring (bicyclic) bond motifs is 1. The van der Waals surface area contributed by atoms with E-state index in [4.69, 9.17) is 10.5 Å². The lowest BCUT2D eigenvalue weighted by molar-refractivity contribution is 0.279. The lowest BCUT2D eigenvalue weighted by atomic mass is 10.1. The van der Waals surface area contributed by atoms with E-state index in [2.05, 4.69) is 31.9 Å². The van der Waals surface area contributed by atoms with Crippen molar-refractivity contribution in [2.45, 2.75) is 52.1 Å². The summed E-state index contributed by atoms with van der Waals surface area (Å²) in [5.74, 6) is 1.09. The molecule has 1 unspecified atom stereocenters. The van der Waals surface area contributed by atoms with Crippen molar-refractivity contribution >= 4 is 17.3 Å². The highest BCUT2D eigenvalue weighted by Gasteiger charge is 2.23. The van der Waals surface area contributed by atoms with Gasteiger partial charge in [-0.15, -0.1) is 5.10 Å². The lowest BCUT2D eigenvalue weighted by Gasteiger charge is -2.29. The lowest BCUT2D eigenvalue weighted by Crippen LogP contribution is -2.30. The predicted octanol–water partition coefficient (Wildman–Crippen LogP) is 3.64. The quantitative estimate of drug-likeness (QED) is 0.591. The van der Waals surface area contributed by atoms with Crippen LogP contribution < -0.4 is 15.4 Å². The summed E-state index contributed by atoms with van der Waals surface area (Å²) in [5, 5.41) is 4.30. The average Bonchev–Trinajstić information content (AvgIpc) is 3.18. The fraction of sp³-hybridized carbons (Fsp3) is 0.524. The summed E-state index contributed by atoms with van der Waals surface area (Å²) in [4.78, 5) is 15.2. The molecule has 0 amide bonds. The minimum atomic E-state index is -1.45. The number of halogens is 1. The number of imidazole rings is 1. The number of pyridine rings is 1. The van der Waals surface area contributed by atoms with Gasteiger partial charge in [0.1, 0.15) is 11.5 Å². The minimum absolute atomic E-state index is 0.120. The van der Waals surface area contributed by atoms with E-state index in [0.29, 0.717) is 17.8 Å². The highest BCUT2D eigenvalue weighted by molar-refractivity contribution is 5.60. The molecule has 1 fully saturated rings. The second-order valence-electron chi connectivity index (χ2n) is 7.72. The zero-order valence-electron chi connectivity index (χ0n) is 17.5. The molecule has 4 heterocycles. The van der Waals surface area contributed by atoms with Crippen LogP contribution in [0.3, 0.4) is 0 Å². The standard InChI is InChI=1S/C21H28FN7O/c1-3-4-10-30-21-26-18(23)20-25-13-16(29(20)27-21)17(22)15-11-14(2)19(24-12-15)28-8-6-5-7-9-28/h11-13,17H,3-10H2,1-2H3,(H2,23,26,27). The van der Waals surface area contributed by atoms with Crippen LogP contribution in [0.4, 0.5) is 16.0 Å². The Kier molecular flexibility index (Phi) is 5.96. The van der Waals surface area contributed by atoms with Crippen LogP contribution in [0, 0.1) is 6.92 Å². The number of alkyl halides is 1. The van der Waals surface area contributed by atoms with Crippen molar-refractivity contribution in [3.05, 3.63) is 35.3 Å². The molecule has 3 aromatic rings. The molecular formula is C21H28FN7O. The maximum absolute atomic E-state index is 15.5.